The Morgan fingerprint density at radius 3 is 2.55 bits per heavy atom. The number of nitrogens with one attached hydrogen (secondary N) is 2. The van der Waals surface area contributed by atoms with Crippen molar-refractivity contribution in [2.45, 2.75) is 32.3 Å². The second kappa shape index (κ2) is 11.0. The van der Waals surface area contributed by atoms with Gasteiger partial charge < -0.3 is 20.6 Å². The number of benzene rings is 2. The molecule has 166 valence electrons. The highest BCUT2D eigenvalue weighted by Gasteiger charge is 2.21. The Balaban J connectivity index is 1.35. The Kier molecular flexibility index (Phi) is 8.14. The van der Waals surface area contributed by atoms with E-state index in [1.807, 2.05) is 12.1 Å². The van der Waals surface area contributed by atoms with Gasteiger partial charge in [0, 0.05) is 24.3 Å². The number of nitrogens with zero attached hydrogens (tertiary/aromatic N) is 1. The SMILES string of the molecule is CC(=O)c1cccc(NC(=O)NC[C@H](O)CN2CCC(Cc3ccc(F)cc3)CC2)c1. The van der Waals surface area contributed by atoms with Crippen LogP contribution in [0.25, 0.3) is 0 Å². The van der Waals surface area contributed by atoms with Crippen LogP contribution < -0.4 is 10.6 Å². The van der Waals surface area contributed by atoms with Gasteiger partial charge in [-0.3, -0.25) is 4.79 Å². The molecule has 1 atom stereocenters. The number of rotatable bonds is 8. The summed E-state index contributed by atoms with van der Waals surface area (Å²) in [4.78, 5) is 25.7. The minimum atomic E-state index is -0.664. The molecule has 0 unspecified atom stereocenters. The average molecular weight is 428 g/mol. The second-order valence-electron chi connectivity index (χ2n) is 8.20. The monoisotopic (exact) mass is 427 g/mol. The summed E-state index contributed by atoms with van der Waals surface area (Å²) in [6, 6.07) is 13.0. The molecule has 0 radical (unpaired) electrons. The number of amides is 2. The van der Waals surface area contributed by atoms with Crippen molar-refractivity contribution in [1.82, 2.24) is 10.2 Å². The van der Waals surface area contributed by atoms with Gasteiger partial charge in [0.05, 0.1) is 6.10 Å². The molecule has 1 fully saturated rings. The van der Waals surface area contributed by atoms with E-state index in [0.29, 0.717) is 23.7 Å². The molecule has 2 aromatic carbocycles. The van der Waals surface area contributed by atoms with Crippen molar-refractivity contribution in [2.24, 2.45) is 5.92 Å². The number of hydrogen-bond donors (Lipinski definition) is 3. The molecule has 1 heterocycles. The fraction of sp³-hybridized carbons (Fsp3) is 0.417. The molecule has 0 aliphatic carbocycles. The summed E-state index contributed by atoms with van der Waals surface area (Å²) in [5, 5.41) is 15.6. The lowest BCUT2D eigenvalue weighted by Gasteiger charge is -2.33. The van der Waals surface area contributed by atoms with Crippen molar-refractivity contribution in [3.05, 3.63) is 65.5 Å². The van der Waals surface area contributed by atoms with E-state index in [2.05, 4.69) is 15.5 Å². The first-order valence-electron chi connectivity index (χ1n) is 10.7. The zero-order valence-electron chi connectivity index (χ0n) is 17.8. The number of ketones is 1. The maximum Gasteiger partial charge on any atom is 0.319 e. The Bertz CT molecular complexity index is 880. The van der Waals surface area contributed by atoms with Crippen molar-refractivity contribution in [3.63, 3.8) is 0 Å². The van der Waals surface area contributed by atoms with Gasteiger partial charge in [0.25, 0.3) is 0 Å². The summed E-state index contributed by atoms with van der Waals surface area (Å²) >= 11 is 0. The number of β-amino-alcohol motifs (C(OH)–C–C–N with tert-alkyl or cyclic N) is 1. The predicted octanol–water partition coefficient (Wildman–Crippen LogP) is 3.47. The number of halogens is 1. The van der Waals surface area contributed by atoms with Crippen LogP contribution >= 0.6 is 0 Å². The topological polar surface area (TPSA) is 81.7 Å². The van der Waals surface area contributed by atoms with E-state index >= 15 is 0 Å². The second-order valence-corrected chi connectivity index (χ2v) is 8.20. The molecule has 1 aliphatic heterocycles. The van der Waals surface area contributed by atoms with Crippen molar-refractivity contribution in [2.75, 3.05) is 31.5 Å². The molecule has 6 nitrogen and oxygen atoms in total. The van der Waals surface area contributed by atoms with Crippen molar-refractivity contribution < 1.29 is 19.1 Å². The zero-order chi connectivity index (χ0) is 22.2. The van der Waals surface area contributed by atoms with Gasteiger partial charge in [0.15, 0.2) is 5.78 Å². The van der Waals surface area contributed by atoms with E-state index in [4.69, 9.17) is 0 Å². The minimum Gasteiger partial charge on any atom is -0.390 e. The molecule has 2 amide bonds. The molecule has 7 heteroatoms. The first-order valence-corrected chi connectivity index (χ1v) is 10.7. The molecule has 1 aliphatic rings. The normalized spacial score (nSPS) is 16.0. The molecule has 0 aromatic heterocycles. The molecule has 0 spiro atoms. The van der Waals surface area contributed by atoms with Crippen LogP contribution in [-0.4, -0.2) is 54.1 Å². The third-order valence-electron chi connectivity index (χ3n) is 5.64. The van der Waals surface area contributed by atoms with Gasteiger partial charge in [-0.15, -0.1) is 0 Å². The summed E-state index contributed by atoms with van der Waals surface area (Å²) in [5.41, 5.74) is 2.22. The summed E-state index contributed by atoms with van der Waals surface area (Å²) in [6.07, 6.45) is 2.35. The highest BCUT2D eigenvalue weighted by molar-refractivity contribution is 5.96. The van der Waals surface area contributed by atoms with Crippen LogP contribution in [0.2, 0.25) is 0 Å². The number of Topliss-reactive ketones (excluding diaryl/α,β-unsaturated/α-hetero) is 1. The fourth-order valence-electron chi connectivity index (χ4n) is 3.89. The van der Waals surface area contributed by atoms with E-state index in [1.165, 1.54) is 19.1 Å². The fourth-order valence-corrected chi connectivity index (χ4v) is 3.89. The van der Waals surface area contributed by atoms with E-state index < -0.39 is 12.1 Å². The van der Waals surface area contributed by atoms with Crippen LogP contribution in [0.15, 0.2) is 48.5 Å². The van der Waals surface area contributed by atoms with Crippen LogP contribution in [0, 0.1) is 11.7 Å². The van der Waals surface area contributed by atoms with Gasteiger partial charge in [-0.25, -0.2) is 9.18 Å². The van der Waals surface area contributed by atoms with Crippen molar-refractivity contribution in [1.29, 1.82) is 0 Å². The number of carbonyl (C=O) groups excluding carboxylic acids is 2. The Morgan fingerprint density at radius 1 is 1.16 bits per heavy atom. The smallest absolute Gasteiger partial charge is 0.319 e. The molecular formula is C24H30FN3O3. The lowest BCUT2D eigenvalue weighted by molar-refractivity contribution is 0.0902. The van der Waals surface area contributed by atoms with Gasteiger partial charge in [0.1, 0.15) is 5.82 Å². The Labute approximate surface area is 182 Å². The van der Waals surface area contributed by atoms with Crippen LogP contribution in [0.1, 0.15) is 35.7 Å². The number of anilines is 1. The van der Waals surface area contributed by atoms with Crippen molar-refractivity contribution in [3.8, 4) is 0 Å². The lowest BCUT2D eigenvalue weighted by atomic mass is 9.90. The third kappa shape index (κ3) is 7.45. The maximum absolute atomic E-state index is 13.0. The van der Waals surface area contributed by atoms with E-state index in [1.54, 1.807) is 24.3 Å². The van der Waals surface area contributed by atoms with Crippen LogP contribution in [0.3, 0.4) is 0 Å². The molecule has 3 N–H and O–H groups in total. The van der Waals surface area contributed by atoms with Crippen LogP contribution in [0.5, 0.6) is 0 Å². The summed E-state index contributed by atoms with van der Waals surface area (Å²) in [7, 11) is 0. The third-order valence-corrected chi connectivity index (χ3v) is 5.64. The minimum absolute atomic E-state index is 0.0686. The lowest BCUT2D eigenvalue weighted by Crippen LogP contribution is -2.44. The number of likely N-dealkylation sites (tertiary alicyclic amines) is 1. The average Bonchev–Trinajstić information content (AvgIpc) is 2.75. The molecule has 3 rings (SSSR count). The van der Waals surface area contributed by atoms with Crippen molar-refractivity contribution >= 4 is 17.5 Å². The molecule has 0 saturated carbocycles. The van der Waals surface area contributed by atoms with Gasteiger partial charge in [-0.1, -0.05) is 24.3 Å². The number of aliphatic hydroxyl groups excluding tert-OH is 1. The quantitative estimate of drug-likeness (QED) is 0.564. The number of urea groups is 1. The molecule has 31 heavy (non-hydrogen) atoms. The largest absolute Gasteiger partial charge is 0.390 e. The number of aliphatic hydroxyl groups is 1. The predicted molar refractivity (Wildman–Crippen MR) is 119 cm³/mol. The van der Waals surface area contributed by atoms with Gasteiger partial charge in [-0.2, -0.15) is 0 Å². The Hall–Kier alpha value is -2.77. The molecule has 0 bridgehead atoms. The van der Waals surface area contributed by atoms with E-state index in [9.17, 15) is 19.1 Å². The number of piperidine rings is 1. The van der Waals surface area contributed by atoms with Gasteiger partial charge in [-0.05, 0) is 75.0 Å². The first-order chi connectivity index (χ1) is 14.9. The maximum atomic E-state index is 13.0. The summed E-state index contributed by atoms with van der Waals surface area (Å²) < 4.78 is 13.0. The molecular weight excluding hydrogens is 397 g/mol. The highest BCUT2D eigenvalue weighted by atomic mass is 19.1. The van der Waals surface area contributed by atoms with E-state index in [0.717, 1.165) is 37.9 Å². The van der Waals surface area contributed by atoms with Crippen LogP contribution in [-0.2, 0) is 6.42 Å². The van der Waals surface area contributed by atoms with E-state index in [-0.39, 0.29) is 18.1 Å². The standard InChI is InChI=1S/C24H30FN3O3/c1-17(29)20-3-2-4-22(14-20)27-24(31)26-15-23(30)16-28-11-9-19(10-12-28)13-18-5-7-21(25)8-6-18/h2-8,14,19,23,30H,9-13,15-16H2,1H3,(H2,26,27,31)/t23-/m0/s1. The number of carbonyl (C=O) groups is 2. The summed E-state index contributed by atoms with van der Waals surface area (Å²) in [6.45, 7) is 3.91. The first kappa shape index (κ1) is 22.9. The Morgan fingerprint density at radius 2 is 1.87 bits per heavy atom. The zero-order valence-corrected chi connectivity index (χ0v) is 17.8. The molecule has 1 saturated heterocycles. The van der Waals surface area contributed by atoms with Crippen LogP contribution in [0.4, 0.5) is 14.9 Å². The number of hydrogen-bond acceptors (Lipinski definition) is 4. The highest BCUT2D eigenvalue weighted by Crippen LogP contribution is 2.22. The van der Waals surface area contributed by atoms with Gasteiger partial charge in [0.2, 0.25) is 0 Å². The van der Waals surface area contributed by atoms with Gasteiger partial charge >= 0.3 is 6.03 Å². The molecule has 2 aromatic rings. The summed E-state index contributed by atoms with van der Waals surface area (Å²) in [5.74, 6) is 0.286.